The van der Waals surface area contributed by atoms with Crippen molar-refractivity contribution in [3.63, 3.8) is 0 Å². The molecular formula is C22H27FN6. The van der Waals surface area contributed by atoms with Crippen LogP contribution in [-0.4, -0.2) is 32.6 Å². The van der Waals surface area contributed by atoms with Crippen molar-refractivity contribution in [2.75, 3.05) is 18.4 Å². The van der Waals surface area contributed by atoms with Crippen molar-refractivity contribution in [2.24, 2.45) is 5.92 Å². The quantitative estimate of drug-likeness (QED) is 0.673. The summed E-state index contributed by atoms with van der Waals surface area (Å²) >= 11 is 0. The minimum atomic E-state index is -0.282. The minimum absolute atomic E-state index is 0.282. The Labute approximate surface area is 170 Å². The van der Waals surface area contributed by atoms with Crippen LogP contribution in [0.2, 0.25) is 0 Å². The highest BCUT2D eigenvalue weighted by atomic mass is 19.1. The summed E-state index contributed by atoms with van der Waals surface area (Å²) in [6.07, 6.45) is 9.69. The first kappa shape index (κ1) is 18.5. The summed E-state index contributed by atoms with van der Waals surface area (Å²) < 4.78 is 16.4. The number of nitrogens with one attached hydrogen (secondary N) is 2. The smallest absolute Gasteiger partial charge is 0.210 e. The fourth-order valence-electron chi connectivity index (χ4n) is 4.65. The van der Waals surface area contributed by atoms with E-state index in [9.17, 15) is 4.39 Å². The number of benzene rings is 1. The molecule has 0 atom stereocenters. The molecule has 0 spiro atoms. The molecule has 7 heteroatoms. The lowest BCUT2D eigenvalue weighted by Gasteiger charge is -2.21. The number of fused-ring (bicyclic) bond motifs is 1. The predicted molar refractivity (Wildman–Crippen MR) is 112 cm³/mol. The normalized spacial score (nSPS) is 18.5. The van der Waals surface area contributed by atoms with Crippen LogP contribution in [0, 0.1) is 11.7 Å². The molecule has 5 rings (SSSR count). The lowest BCUT2D eigenvalue weighted by molar-refractivity contribution is 0.367. The number of para-hydroxylation sites is 1. The molecular weight excluding hydrogens is 367 g/mol. The number of piperidine rings is 1. The zero-order valence-electron chi connectivity index (χ0n) is 16.6. The van der Waals surface area contributed by atoms with Crippen LogP contribution >= 0.6 is 0 Å². The largest absolute Gasteiger partial charge is 0.323 e. The summed E-state index contributed by atoms with van der Waals surface area (Å²) in [7, 11) is 0. The van der Waals surface area contributed by atoms with E-state index in [2.05, 4.69) is 20.2 Å². The van der Waals surface area contributed by atoms with E-state index in [0.717, 1.165) is 49.3 Å². The molecule has 3 heterocycles. The van der Waals surface area contributed by atoms with Crippen LogP contribution in [0.4, 0.5) is 16.0 Å². The van der Waals surface area contributed by atoms with Crippen molar-refractivity contribution < 1.29 is 4.39 Å². The number of anilines is 2. The van der Waals surface area contributed by atoms with Gasteiger partial charge in [-0.15, -0.1) is 0 Å². The molecule has 0 bridgehead atoms. The first-order valence-electron chi connectivity index (χ1n) is 10.7. The maximum atomic E-state index is 14.2. The van der Waals surface area contributed by atoms with Gasteiger partial charge in [-0.25, -0.2) is 19.3 Å². The minimum Gasteiger partial charge on any atom is -0.323 e. The standard InChI is InChI=1S/C22H27FN6/c23-17-7-3-4-8-18(17)26-22-27-19-14-25-20(13-15-9-11-24-12-10-15)28-21(19)29(22)16-5-1-2-6-16/h3-4,7-8,14-16,24H,1-2,5-6,9-13H2,(H,26,27). The molecule has 29 heavy (non-hydrogen) atoms. The number of halogens is 1. The van der Waals surface area contributed by atoms with Gasteiger partial charge in [0.25, 0.3) is 0 Å². The van der Waals surface area contributed by atoms with Gasteiger partial charge < -0.3 is 10.6 Å². The van der Waals surface area contributed by atoms with Crippen LogP contribution in [0.5, 0.6) is 0 Å². The van der Waals surface area contributed by atoms with Gasteiger partial charge in [-0.3, -0.25) is 4.57 Å². The fraction of sp³-hybridized carbons (Fsp3) is 0.500. The van der Waals surface area contributed by atoms with Crippen molar-refractivity contribution >= 4 is 22.8 Å². The summed E-state index contributed by atoms with van der Waals surface area (Å²) in [5.41, 5.74) is 2.07. The Kier molecular flexibility index (Phi) is 5.14. The van der Waals surface area contributed by atoms with E-state index in [0.29, 0.717) is 23.6 Å². The number of imidazole rings is 1. The van der Waals surface area contributed by atoms with E-state index in [-0.39, 0.29) is 5.82 Å². The average Bonchev–Trinajstić information content (AvgIpc) is 3.37. The SMILES string of the molecule is Fc1ccccc1Nc1nc2cnc(CC3CCNCC3)nc2n1C1CCCC1. The van der Waals surface area contributed by atoms with Crippen molar-refractivity contribution in [2.45, 2.75) is 51.0 Å². The van der Waals surface area contributed by atoms with Gasteiger partial charge >= 0.3 is 0 Å². The molecule has 1 saturated heterocycles. The van der Waals surface area contributed by atoms with Crippen LogP contribution in [0.3, 0.4) is 0 Å². The molecule has 3 aromatic rings. The van der Waals surface area contributed by atoms with Gasteiger partial charge in [0.2, 0.25) is 5.95 Å². The third-order valence-electron chi connectivity index (χ3n) is 6.22. The van der Waals surface area contributed by atoms with E-state index in [1.165, 1.54) is 31.7 Å². The van der Waals surface area contributed by atoms with Gasteiger partial charge in [0.1, 0.15) is 17.2 Å². The second kappa shape index (κ2) is 8.06. The van der Waals surface area contributed by atoms with Crippen LogP contribution in [0.1, 0.15) is 50.4 Å². The lowest BCUT2D eigenvalue weighted by atomic mass is 9.94. The molecule has 0 unspecified atom stereocenters. The Morgan fingerprint density at radius 2 is 1.86 bits per heavy atom. The zero-order chi connectivity index (χ0) is 19.6. The van der Waals surface area contributed by atoms with E-state index in [1.807, 2.05) is 12.3 Å². The zero-order valence-corrected chi connectivity index (χ0v) is 16.6. The summed E-state index contributed by atoms with van der Waals surface area (Å²) in [4.78, 5) is 14.3. The van der Waals surface area contributed by atoms with Gasteiger partial charge in [0.05, 0.1) is 11.9 Å². The maximum absolute atomic E-state index is 14.2. The van der Waals surface area contributed by atoms with Crippen molar-refractivity contribution in [1.82, 2.24) is 24.8 Å². The first-order valence-corrected chi connectivity index (χ1v) is 10.7. The van der Waals surface area contributed by atoms with Crippen molar-refractivity contribution in [1.29, 1.82) is 0 Å². The van der Waals surface area contributed by atoms with Crippen LogP contribution in [-0.2, 0) is 6.42 Å². The fourth-order valence-corrected chi connectivity index (χ4v) is 4.65. The molecule has 2 N–H and O–H groups in total. The molecule has 2 aliphatic rings. The van der Waals surface area contributed by atoms with Gasteiger partial charge in [-0.2, -0.15) is 0 Å². The highest BCUT2D eigenvalue weighted by Crippen LogP contribution is 2.36. The molecule has 1 aliphatic heterocycles. The Balaban J connectivity index is 1.52. The van der Waals surface area contributed by atoms with Crippen LogP contribution in [0.25, 0.3) is 11.2 Å². The molecule has 1 aliphatic carbocycles. The Morgan fingerprint density at radius 3 is 2.66 bits per heavy atom. The number of hydrogen-bond acceptors (Lipinski definition) is 5. The third-order valence-corrected chi connectivity index (χ3v) is 6.22. The van der Waals surface area contributed by atoms with Gasteiger partial charge in [-0.05, 0) is 56.8 Å². The summed E-state index contributed by atoms with van der Waals surface area (Å²) in [6.45, 7) is 2.15. The Morgan fingerprint density at radius 1 is 1.07 bits per heavy atom. The van der Waals surface area contributed by atoms with Crippen molar-refractivity contribution in [3.05, 3.63) is 42.1 Å². The molecule has 1 aromatic carbocycles. The average molecular weight is 394 g/mol. The van der Waals surface area contributed by atoms with E-state index < -0.39 is 0 Å². The Bertz CT molecular complexity index is 988. The molecule has 0 amide bonds. The molecule has 6 nitrogen and oxygen atoms in total. The number of nitrogens with zero attached hydrogens (tertiary/aromatic N) is 4. The van der Waals surface area contributed by atoms with Crippen LogP contribution < -0.4 is 10.6 Å². The maximum Gasteiger partial charge on any atom is 0.210 e. The van der Waals surface area contributed by atoms with Gasteiger partial charge in [0, 0.05) is 12.5 Å². The van der Waals surface area contributed by atoms with Crippen LogP contribution in [0.15, 0.2) is 30.5 Å². The number of rotatable bonds is 5. The van der Waals surface area contributed by atoms with E-state index >= 15 is 0 Å². The molecule has 2 fully saturated rings. The summed E-state index contributed by atoms with van der Waals surface area (Å²) in [6, 6.07) is 7.06. The number of hydrogen-bond donors (Lipinski definition) is 2. The van der Waals surface area contributed by atoms with E-state index in [4.69, 9.17) is 9.97 Å². The number of aromatic nitrogens is 4. The first-order chi connectivity index (χ1) is 14.3. The highest BCUT2D eigenvalue weighted by molar-refractivity contribution is 5.75. The predicted octanol–water partition coefficient (Wildman–Crippen LogP) is 4.37. The third kappa shape index (κ3) is 3.83. The summed E-state index contributed by atoms with van der Waals surface area (Å²) in [5, 5.41) is 6.62. The highest BCUT2D eigenvalue weighted by Gasteiger charge is 2.25. The van der Waals surface area contributed by atoms with Crippen molar-refractivity contribution in [3.8, 4) is 0 Å². The van der Waals surface area contributed by atoms with Gasteiger partial charge in [0.15, 0.2) is 5.65 Å². The van der Waals surface area contributed by atoms with E-state index in [1.54, 1.807) is 12.1 Å². The molecule has 152 valence electrons. The second-order valence-corrected chi connectivity index (χ2v) is 8.24. The second-order valence-electron chi connectivity index (χ2n) is 8.24. The Hall–Kier alpha value is -2.54. The molecule has 1 saturated carbocycles. The molecule has 0 radical (unpaired) electrons. The monoisotopic (exact) mass is 394 g/mol. The topological polar surface area (TPSA) is 67.7 Å². The molecule has 2 aromatic heterocycles. The summed E-state index contributed by atoms with van der Waals surface area (Å²) in [5.74, 6) is 1.90. The van der Waals surface area contributed by atoms with Gasteiger partial charge in [-0.1, -0.05) is 25.0 Å². The lowest BCUT2D eigenvalue weighted by Crippen LogP contribution is -2.29.